The molecule has 0 saturated heterocycles. The van der Waals surface area contributed by atoms with Crippen LogP contribution in [0.5, 0.6) is 0 Å². The summed E-state index contributed by atoms with van der Waals surface area (Å²) in [6, 6.07) is 0. The van der Waals surface area contributed by atoms with Gasteiger partial charge in [0.05, 0.1) is 4.75 Å². The minimum atomic E-state index is 0.207. The van der Waals surface area contributed by atoms with E-state index in [-0.39, 0.29) is 4.75 Å². The maximum Gasteiger partial charge on any atom is 0.0644 e. The molecule has 0 saturated carbocycles. The van der Waals surface area contributed by atoms with Gasteiger partial charge < -0.3 is 0 Å². The summed E-state index contributed by atoms with van der Waals surface area (Å²) >= 11 is 1.94. The molecule has 69 valence electrons. The summed E-state index contributed by atoms with van der Waals surface area (Å²) in [5, 5.41) is 0. The van der Waals surface area contributed by atoms with Crippen molar-refractivity contribution in [1.29, 1.82) is 0 Å². The van der Waals surface area contributed by atoms with Crippen molar-refractivity contribution >= 4 is 11.8 Å². The average molecular weight is 191 g/mol. The molecule has 0 aromatic heterocycles. The minimum absolute atomic E-state index is 0.207. The molecule has 1 atom stereocenters. The molecule has 1 aliphatic carbocycles. The lowest BCUT2D eigenvalue weighted by Crippen LogP contribution is -2.17. The summed E-state index contributed by atoms with van der Waals surface area (Å²) in [6.07, 6.45) is 3.48. The van der Waals surface area contributed by atoms with E-state index in [1.54, 1.807) is 0 Å². The minimum Gasteiger partial charge on any atom is -0.114 e. The van der Waals surface area contributed by atoms with E-state index in [0.29, 0.717) is 0 Å². The average Bonchev–Trinajstić information content (AvgIpc) is 2.44. The van der Waals surface area contributed by atoms with Gasteiger partial charge in [0, 0.05) is 0 Å². The fourth-order valence-corrected chi connectivity index (χ4v) is 3.60. The van der Waals surface area contributed by atoms with Crippen LogP contribution < -0.4 is 0 Å². The largest absolute Gasteiger partial charge is 0.114 e. The monoisotopic (exact) mass is 191 g/mol. The smallest absolute Gasteiger partial charge is 0.0644 e. The highest BCUT2D eigenvalue weighted by molar-refractivity contribution is 8.05. The lowest BCUT2D eigenvalue weighted by Gasteiger charge is -2.23. The van der Waals surface area contributed by atoms with Gasteiger partial charge in [0.15, 0.2) is 0 Å². The first-order valence-corrected chi connectivity index (χ1v) is 5.47. The highest BCUT2D eigenvalue weighted by Crippen LogP contribution is 2.55. The van der Waals surface area contributed by atoms with Gasteiger partial charge >= 0.3 is 0 Å². The summed E-state index contributed by atoms with van der Waals surface area (Å²) < 4.78 is 0.207. The van der Waals surface area contributed by atoms with E-state index < -0.39 is 0 Å². The zero-order chi connectivity index (χ0) is 9.80. The van der Waals surface area contributed by atoms with E-state index in [1.807, 2.05) is 11.8 Å². The third-order valence-electron chi connectivity index (χ3n) is 3.35. The van der Waals surface area contributed by atoms with Crippen LogP contribution in [-0.2, 0) is 0 Å². The van der Waals surface area contributed by atoms with Crippen molar-refractivity contribution in [2.75, 3.05) is 0 Å². The molecule has 0 fully saturated rings. The fraction of sp³-hybridized carbons (Fsp3) is 0.500. The van der Waals surface area contributed by atoms with Crippen LogP contribution in [0.25, 0.3) is 0 Å². The number of hydrogen-bond donors (Lipinski definition) is 0. The second-order valence-corrected chi connectivity index (χ2v) is 5.70. The number of fused-ring (bicyclic) bond motifs is 1. The first kappa shape index (κ1) is 9.14. The van der Waals surface area contributed by atoms with Gasteiger partial charge in [-0.05, 0) is 67.9 Å². The molecule has 0 aromatic rings. The summed E-state index contributed by atoms with van der Waals surface area (Å²) in [7, 11) is 0. The lowest BCUT2D eigenvalue weighted by molar-refractivity contribution is 0.907. The van der Waals surface area contributed by atoms with Gasteiger partial charge in [0.25, 0.3) is 0 Å². The molecule has 1 unspecified atom stereocenters. The zero-order valence-electron chi connectivity index (χ0n) is 8.91. The Morgan fingerprint density at radius 1 is 1.08 bits per heavy atom. The van der Waals surface area contributed by atoms with Crippen molar-refractivity contribution in [1.82, 2.24) is 0 Å². The molecule has 0 bridgehead atoms. The van der Waals surface area contributed by atoms with Crippen molar-refractivity contribution in [2.24, 2.45) is 0 Å². The van der Waals surface area contributed by atoms with Gasteiger partial charge in [0.2, 0.25) is 0 Å². The third-order valence-corrected chi connectivity index (χ3v) is 4.68. The molecule has 0 spiro atoms. The lowest BCUT2D eigenvalue weighted by atomic mass is 9.97. The summed E-state index contributed by atoms with van der Waals surface area (Å²) in [5.74, 6) is 0. The van der Waals surface area contributed by atoms with E-state index in [4.69, 9.17) is 0 Å². The fourth-order valence-electron chi connectivity index (χ4n) is 2.22. The third kappa shape index (κ3) is 0.999. The number of hydrogen-bond acceptors (Lipinski definition) is 1. The van der Waals surface area contributed by atoms with E-state index in [2.05, 4.69) is 40.7 Å². The number of rotatable bonds is 0. The van der Waals surface area contributed by atoms with Crippen LogP contribution in [0.15, 0.2) is 27.2 Å². The normalized spacial score (nSPS) is 32.8. The first-order chi connectivity index (χ1) is 5.97. The van der Waals surface area contributed by atoms with Crippen LogP contribution in [0, 0.1) is 6.08 Å². The SMILES string of the molecule is CC1=[C]C2=C(C)C(C)=C(C)C2(C)S1. The highest BCUT2D eigenvalue weighted by Gasteiger charge is 2.42. The van der Waals surface area contributed by atoms with Gasteiger partial charge in [-0.2, -0.15) is 0 Å². The molecule has 0 amide bonds. The molecule has 0 nitrogen and oxygen atoms in total. The van der Waals surface area contributed by atoms with Crippen LogP contribution in [-0.4, -0.2) is 4.75 Å². The van der Waals surface area contributed by atoms with E-state index in [1.165, 1.54) is 27.2 Å². The van der Waals surface area contributed by atoms with Crippen LogP contribution in [0.3, 0.4) is 0 Å². The molecule has 0 N–H and O–H groups in total. The Kier molecular flexibility index (Phi) is 1.78. The van der Waals surface area contributed by atoms with Gasteiger partial charge in [0.1, 0.15) is 0 Å². The standard InChI is InChI=1S/C12H15S/c1-7-6-11-9(3)8(2)10(4)12(11,5)13-7/h1-5H3. The van der Waals surface area contributed by atoms with Crippen molar-refractivity contribution in [3.63, 3.8) is 0 Å². The maximum absolute atomic E-state index is 3.48. The predicted molar refractivity (Wildman–Crippen MR) is 59.5 cm³/mol. The van der Waals surface area contributed by atoms with Gasteiger partial charge in [-0.25, -0.2) is 0 Å². The molecular weight excluding hydrogens is 176 g/mol. The Labute approximate surface area is 84.8 Å². The van der Waals surface area contributed by atoms with Crippen molar-refractivity contribution < 1.29 is 0 Å². The van der Waals surface area contributed by atoms with E-state index in [0.717, 1.165) is 0 Å². The molecular formula is C12H15S. The number of thioether (sulfide) groups is 1. The van der Waals surface area contributed by atoms with Crippen LogP contribution in [0.4, 0.5) is 0 Å². The molecule has 1 heterocycles. The molecule has 0 aromatic carbocycles. The topological polar surface area (TPSA) is 0 Å². The van der Waals surface area contributed by atoms with Crippen LogP contribution in [0.1, 0.15) is 34.6 Å². The highest BCUT2D eigenvalue weighted by atomic mass is 32.2. The van der Waals surface area contributed by atoms with E-state index >= 15 is 0 Å². The quantitative estimate of drug-likeness (QED) is 0.560. The van der Waals surface area contributed by atoms with E-state index in [9.17, 15) is 0 Å². The molecule has 1 heteroatoms. The molecule has 2 rings (SSSR count). The van der Waals surface area contributed by atoms with Gasteiger partial charge in [-0.1, -0.05) is 0 Å². The van der Waals surface area contributed by atoms with Crippen LogP contribution in [0.2, 0.25) is 0 Å². The molecule has 13 heavy (non-hydrogen) atoms. The predicted octanol–water partition coefficient (Wildman–Crippen LogP) is 3.87. The summed E-state index contributed by atoms with van der Waals surface area (Å²) in [6.45, 7) is 11.1. The zero-order valence-corrected chi connectivity index (χ0v) is 9.72. The van der Waals surface area contributed by atoms with Crippen molar-refractivity contribution in [3.05, 3.63) is 33.3 Å². The maximum atomic E-state index is 3.48. The van der Waals surface area contributed by atoms with Gasteiger partial charge in [-0.15, -0.1) is 11.8 Å². The first-order valence-electron chi connectivity index (χ1n) is 4.66. The molecule has 2 aliphatic rings. The second kappa shape index (κ2) is 2.54. The Morgan fingerprint density at radius 2 is 1.69 bits per heavy atom. The Balaban J connectivity index is 2.61. The molecule has 1 aliphatic heterocycles. The Bertz CT molecular complexity index is 369. The summed E-state index contributed by atoms with van der Waals surface area (Å²) in [5.41, 5.74) is 5.81. The van der Waals surface area contributed by atoms with Crippen LogP contribution >= 0.6 is 11.8 Å². The Hall–Kier alpha value is -0.430. The summed E-state index contributed by atoms with van der Waals surface area (Å²) in [4.78, 5) is 1.32. The molecule has 1 radical (unpaired) electrons. The van der Waals surface area contributed by atoms with Crippen molar-refractivity contribution in [2.45, 2.75) is 39.4 Å². The second-order valence-electron chi connectivity index (χ2n) is 4.07. The van der Waals surface area contributed by atoms with Gasteiger partial charge in [-0.3, -0.25) is 0 Å². The Morgan fingerprint density at radius 3 is 2.23 bits per heavy atom. The van der Waals surface area contributed by atoms with Crippen molar-refractivity contribution in [3.8, 4) is 0 Å². The number of allylic oxidation sites excluding steroid dienone is 4.